The first-order valence-corrected chi connectivity index (χ1v) is 12.7. The van der Waals surface area contributed by atoms with E-state index < -0.39 is 29.4 Å². The Kier molecular flexibility index (Phi) is 7.83. The van der Waals surface area contributed by atoms with Gasteiger partial charge in [-0.1, -0.05) is 44.2 Å². The summed E-state index contributed by atoms with van der Waals surface area (Å²) in [5.41, 5.74) is -0.389. The molecule has 10 heteroatoms. The van der Waals surface area contributed by atoms with Crippen LogP contribution in [0.4, 0.5) is 13.2 Å². The van der Waals surface area contributed by atoms with Crippen molar-refractivity contribution in [3.05, 3.63) is 70.8 Å². The summed E-state index contributed by atoms with van der Waals surface area (Å²) in [4.78, 5) is 43.0. The number of benzene rings is 2. The van der Waals surface area contributed by atoms with E-state index in [1.807, 2.05) is 32.9 Å². The topological polar surface area (TPSA) is 79.0 Å². The molecule has 2 aliphatic rings. The lowest BCUT2D eigenvalue weighted by Crippen LogP contribution is -2.60. The van der Waals surface area contributed by atoms with E-state index in [4.69, 9.17) is 4.74 Å². The van der Waals surface area contributed by atoms with Gasteiger partial charge >= 0.3 is 6.18 Å². The van der Waals surface area contributed by atoms with Crippen molar-refractivity contribution < 1.29 is 32.3 Å². The van der Waals surface area contributed by atoms with Crippen LogP contribution in [-0.4, -0.2) is 59.0 Å². The molecule has 3 amide bonds. The largest absolute Gasteiger partial charge is 0.416 e. The van der Waals surface area contributed by atoms with Gasteiger partial charge in [-0.3, -0.25) is 19.3 Å². The van der Waals surface area contributed by atoms with Gasteiger partial charge in [-0.25, -0.2) is 0 Å². The molecule has 1 N–H and O–H groups in total. The number of piperidine rings is 1. The zero-order valence-electron chi connectivity index (χ0n) is 21.7. The first-order valence-electron chi connectivity index (χ1n) is 12.7. The van der Waals surface area contributed by atoms with Crippen LogP contribution in [0.25, 0.3) is 0 Å². The molecule has 0 aromatic heterocycles. The Labute approximate surface area is 219 Å². The van der Waals surface area contributed by atoms with Crippen molar-refractivity contribution in [3.63, 3.8) is 0 Å². The number of hydrogen-bond acceptors (Lipinski definition) is 4. The van der Waals surface area contributed by atoms with Crippen molar-refractivity contribution in [3.8, 4) is 0 Å². The summed E-state index contributed by atoms with van der Waals surface area (Å²) in [5, 5.41) is 2.69. The standard InChI is InChI=1S/C28H32F3N3O4/c1-18(2)25(36)33-13-11-27(12-14-33)34(26(37)22-10-5-4-7-19(22)3)23(17-38-27)24(35)32-16-20-8-6-9-21(15-20)28(29,30)31/h4-10,15,18,23H,11-14,16-17H2,1-3H3,(H,32,35)/t23-/m1/s1. The van der Waals surface area contributed by atoms with Gasteiger partial charge in [0.1, 0.15) is 11.8 Å². The van der Waals surface area contributed by atoms with Crippen molar-refractivity contribution in [1.29, 1.82) is 0 Å². The van der Waals surface area contributed by atoms with E-state index in [0.29, 0.717) is 37.1 Å². The number of nitrogens with one attached hydrogen (secondary N) is 1. The number of rotatable bonds is 5. The highest BCUT2D eigenvalue weighted by atomic mass is 19.4. The van der Waals surface area contributed by atoms with Crippen LogP contribution in [-0.2, 0) is 27.0 Å². The van der Waals surface area contributed by atoms with Crippen molar-refractivity contribution in [2.75, 3.05) is 19.7 Å². The van der Waals surface area contributed by atoms with Gasteiger partial charge in [0.05, 0.1) is 12.2 Å². The second-order valence-electron chi connectivity index (χ2n) is 10.2. The van der Waals surface area contributed by atoms with E-state index >= 15 is 0 Å². The second kappa shape index (κ2) is 10.8. The number of aryl methyl sites for hydroxylation is 1. The number of likely N-dealkylation sites (tertiary alicyclic amines) is 1. The molecule has 204 valence electrons. The predicted molar refractivity (Wildman–Crippen MR) is 134 cm³/mol. The zero-order chi connectivity index (χ0) is 27.7. The monoisotopic (exact) mass is 531 g/mol. The molecular weight excluding hydrogens is 499 g/mol. The predicted octanol–water partition coefficient (Wildman–Crippen LogP) is 4.15. The van der Waals surface area contributed by atoms with Gasteiger partial charge in [-0.05, 0) is 36.2 Å². The lowest BCUT2D eigenvalue weighted by molar-refractivity contribution is -0.146. The van der Waals surface area contributed by atoms with Crippen molar-refractivity contribution >= 4 is 17.7 Å². The van der Waals surface area contributed by atoms with E-state index in [2.05, 4.69) is 5.32 Å². The number of halogens is 3. The van der Waals surface area contributed by atoms with Gasteiger partial charge in [0.2, 0.25) is 11.8 Å². The number of carbonyl (C=O) groups excluding carboxylic acids is 3. The highest BCUT2D eigenvalue weighted by molar-refractivity contribution is 5.99. The van der Waals surface area contributed by atoms with Crippen LogP contribution < -0.4 is 5.32 Å². The minimum absolute atomic E-state index is 0.0185. The van der Waals surface area contributed by atoms with E-state index in [1.54, 1.807) is 17.0 Å². The van der Waals surface area contributed by atoms with Crippen molar-refractivity contribution in [2.45, 2.75) is 58.1 Å². The van der Waals surface area contributed by atoms with Gasteiger partial charge in [0, 0.05) is 44.0 Å². The number of carbonyl (C=O) groups is 3. The Morgan fingerprint density at radius 1 is 1.08 bits per heavy atom. The molecule has 1 atom stereocenters. The number of ether oxygens (including phenoxy) is 1. The summed E-state index contributed by atoms with van der Waals surface area (Å²) < 4.78 is 45.5. The summed E-state index contributed by atoms with van der Waals surface area (Å²) in [6, 6.07) is 10.8. The Morgan fingerprint density at radius 2 is 1.76 bits per heavy atom. The van der Waals surface area contributed by atoms with E-state index in [1.165, 1.54) is 17.0 Å². The molecular formula is C28H32F3N3O4. The van der Waals surface area contributed by atoms with Crippen LogP contribution >= 0.6 is 0 Å². The highest BCUT2D eigenvalue weighted by Crippen LogP contribution is 2.39. The average molecular weight is 532 g/mol. The Bertz CT molecular complexity index is 1210. The maximum atomic E-state index is 13.9. The van der Waals surface area contributed by atoms with Gasteiger partial charge in [0.25, 0.3) is 5.91 Å². The average Bonchev–Trinajstić information content (AvgIpc) is 3.25. The fourth-order valence-corrected chi connectivity index (χ4v) is 5.12. The van der Waals surface area contributed by atoms with Gasteiger partial charge in [-0.2, -0.15) is 13.2 Å². The van der Waals surface area contributed by atoms with Gasteiger partial charge in [-0.15, -0.1) is 0 Å². The number of hydrogen-bond donors (Lipinski definition) is 1. The maximum absolute atomic E-state index is 13.9. The Balaban J connectivity index is 1.57. The highest BCUT2D eigenvalue weighted by Gasteiger charge is 2.54. The molecule has 2 aromatic carbocycles. The van der Waals surface area contributed by atoms with Crippen LogP contribution in [0.15, 0.2) is 48.5 Å². The maximum Gasteiger partial charge on any atom is 0.416 e. The van der Waals surface area contributed by atoms with E-state index in [0.717, 1.165) is 17.7 Å². The summed E-state index contributed by atoms with van der Waals surface area (Å²) >= 11 is 0. The molecule has 0 unspecified atom stereocenters. The second-order valence-corrected chi connectivity index (χ2v) is 10.2. The van der Waals surface area contributed by atoms with Crippen molar-refractivity contribution in [1.82, 2.24) is 15.1 Å². The molecule has 0 bridgehead atoms. The minimum atomic E-state index is -4.49. The fraction of sp³-hybridized carbons (Fsp3) is 0.464. The lowest BCUT2D eigenvalue weighted by Gasteiger charge is -2.45. The molecule has 7 nitrogen and oxygen atoms in total. The molecule has 1 spiro atoms. The number of amides is 3. The third-order valence-electron chi connectivity index (χ3n) is 7.23. The third kappa shape index (κ3) is 5.55. The lowest BCUT2D eigenvalue weighted by atomic mass is 9.95. The smallest absolute Gasteiger partial charge is 0.353 e. The molecule has 38 heavy (non-hydrogen) atoms. The summed E-state index contributed by atoms with van der Waals surface area (Å²) in [6.07, 6.45) is -3.80. The molecule has 0 saturated carbocycles. The SMILES string of the molecule is Cc1ccccc1C(=O)N1[C@@H](C(=O)NCc2cccc(C(F)(F)F)c2)COC12CCN(C(=O)C(C)C)CC2. The molecule has 2 aliphatic heterocycles. The normalized spacial score (nSPS) is 19.2. The third-order valence-corrected chi connectivity index (χ3v) is 7.23. The molecule has 2 aromatic rings. The zero-order valence-corrected chi connectivity index (χ0v) is 21.7. The first-order chi connectivity index (χ1) is 17.9. The molecule has 2 fully saturated rings. The summed E-state index contributed by atoms with van der Waals surface area (Å²) in [7, 11) is 0. The van der Waals surface area contributed by atoms with Crippen LogP contribution in [0.1, 0.15) is 53.7 Å². The summed E-state index contributed by atoms with van der Waals surface area (Å²) in [6.45, 7) is 6.05. The van der Waals surface area contributed by atoms with E-state index in [9.17, 15) is 27.6 Å². The van der Waals surface area contributed by atoms with Gasteiger partial charge in [0.15, 0.2) is 0 Å². The molecule has 0 radical (unpaired) electrons. The molecule has 2 heterocycles. The van der Waals surface area contributed by atoms with Crippen LogP contribution in [0, 0.1) is 12.8 Å². The fourth-order valence-electron chi connectivity index (χ4n) is 5.12. The number of nitrogens with zero attached hydrogens (tertiary/aromatic N) is 2. The van der Waals surface area contributed by atoms with Gasteiger partial charge < -0.3 is 15.0 Å². The first kappa shape index (κ1) is 27.6. The van der Waals surface area contributed by atoms with Crippen molar-refractivity contribution in [2.24, 2.45) is 5.92 Å². The summed E-state index contributed by atoms with van der Waals surface area (Å²) in [5.74, 6) is -1.01. The molecule has 2 saturated heterocycles. The minimum Gasteiger partial charge on any atom is -0.353 e. The van der Waals surface area contributed by atoms with Crippen LogP contribution in [0.2, 0.25) is 0 Å². The van der Waals surface area contributed by atoms with Crippen LogP contribution in [0.3, 0.4) is 0 Å². The molecule has 4 rings (SSSR count). The van der Waals surface area contributed by atoms with E-state index in [-0.39, 0.29) is 30.9 Å². The van der Waals surface area contributed by atoms with Crippen LogP contribution in [0.5, 0.6) is 0 Å². The Hall–Kier alpha value is -3.40. The number of alkyl halides is 3. The quantitative estimate of drug-likeness (QED) is 0.629. The Morgan fingerprint density at radius 3 is 2.39 bits per heavy atom. The molecule has 0 aliphatic carbocycles.